The first-order valence-corrected chi connectivity index (χ1v) is 9.43. The van der Waals surface area contributed by atoms with E-state index < -0.39 is 21.9 Å². The molecule has 0 bridgehead atoms. The number of nitrogens with one attached hydrogen (secondary N) is 1. The molecular weight excluding hydrogens is 341 g/mol. The van der Waals surface area contributed by atoms with E-state index in [9.17, 15) is 17.6 Å². The minimum Gasteiger partial charge on any atom is -0.294 e. The van der Waals surface area contributed by atoms with Crippen molar-refractivity contribution in [3.8, 4) is 0 Å². The molecule has 0 fully saturated rings. The summed E-state index contributed by atoms with van der Waals surface area (Å²) in [5.41, 5.74) is 1.88. The van der Waals surface area contributed by atoms with Gasteiger partial charge in [0, 0.05) is 12.0 Å². The smallest absolute Gasteiger partial charge is 0.241 e. The Morgan fingerprint density at radius 1 is 1.04 bits per heavy atom. The average Bonchev–Trinajstić information content (AvgIpc) is 3.00. The van der Waals surface area contributed by atoms with E-state index in [1.54, 1.807) is 18.2 Å². The molecule has 4 nitrogen and oxygen atoms in total. The van der Waals surface area contributed by atoms with Crippen LogP contribution in [0.4, 0.5) is 4.39 Å². The SMILES string of the molecule is Cc1ccc(S(=O)(=O)NC(C2=CCCC2=O)c2ccc(F)cc2)cc1. The average molecular weight is 359 g/mol. The van der Waals surface area contributed by atoms with Gasteiger partial charge in [0.1, 0.15) is 5.82 Å². The Hall–Kier alpha value is -2.31. The summed E-state index contributed by atoms with van der Waals surface area (Å²) in [6.45, 7) is 1.87. The minimum absolute atomic E-state index is 0.0964. The van der Waals surface area contributed by atoms with Crippen LogP contribution in [0.25, 0.3) is 0 Å². The van der Waals surface area contributed by atoms with Crippen LogP contribution in [-0.4, -0.2) is 14.2 Å². The maximum Gasteiger partial charge on any atom is 0.241 e. The zero-order valence-corrected chi connectivity index (χ0v) is 14.5. The zero-order chi connectivity index (χ0) is 18.0. The zero-order valence-electron chi connectivity index (χ0n) is 13.7. The first-order chi connectivity index (χ1) is 11.9. The lowest BCUT2D eigenvalue weighted by Crippen LogP contribution is -2.31. The molecule has 2 aromatic rings. The number of ketones is 1. The van der Waals surface area contributed by atoms with E-state index in [1.807, 2.05) is 6.92 Å². The Balaban J connectivity index is 1.98. The van der Waals surface area contributed by atoms with Crippen LogP contribution in [-0.2, 0) is 14.8 Å². The number of aryl methyl sites for hydroxylation is 1. The van der Waals surface area contributed by atoms with Crippen molar-refractivity contribution in [2.24, 2.45) is 0 Å². The van der Waals surface area contributed by atoms with E-state index in [4.69, 9.17) is 0 Å². The fourth-order valence-corrected chi connectivity index (χ4v) is 4.01. The Labute approximate surface area is 146 Å². The lowest BCUT2D eigenvalue weighted by atomic mass is 9.98. The summed E-state index contributed by atoms with van der Waals surface area (Å²) in [5.74, 6) is -0.517. The third-order valence-corrected chi connectivity index (χ3v) is 5.62. The molecule has 0 heterocycles. The maximum absolute atomic E-state index is 13.2. The van der Waals surface area contributed by atoms with Crippen LogP contribution in [0.2, 0.25) is 0 Å². The molecule has 1 aliphatic carbocycles. The molecule has 2 aromatic carbocycles. The van der Waals surface area contributed by atoms with Crippen LogP contribution in [0.15, 0.2) is 65.1 Å². The van der Waals surface area contributed by atoms with Gasteiger partial charge in [-0.05, 0) is 43.2 Å². The predicted molar refractivity (Wildman–Crippen MR) is 93.0 cm³/mol. The molecule has 25 heavy (non-hydrogen) atoms. The lowest BCUT2D eigenvalue weighted by Gasteiger charge is -2.20. The van der Waals surface area contributed by atoms with Crippen LogP contribution in [0, 0.1) is 12.7 Å². The fourth-order valence-electron chi connectivity index (χ4n) is 2.80. The second-order valence-electron chi connectivity index (χ2n) is 6.04. The van der Waals surface area contributed by atoms with Crippen molar-refractivity contribution >= 4 is 15.8 Å². The van der Waals surface area contributed by atoms with Gasteiger partial charge in [0.25, 0.3) is 0 Å². The van der Waals surface area contributed by atoms with Gasteiger partial charge in [0.2, 0.25) is 10.0 Å². The molecule has 1 atom stereocenters. The fraction of sp³-hybridized carbons (Fsp3) is 0.211. The van der Waals surface area contributed by atoms with Crippen LogP contribution in [0.1, 0.15) is 30.0 Å². The summed E-state index contributed by atoms with van der Waals surface area (Å²) < 4.78 is 41.3. The highest BCUT2D eigenvalue weighted by atomic mass is 32.2. The highest BCUT2D eigenvalue weighted by Crippen LogP contribution is 2.30. The van der Waals surface area contributed by atoms with Gasteiger partial charge in [-0.2, -0.15) is 4.72 Å². The number of hydrogen-bond acceptors (Lipinski definition) is 3. The molecule has 0 aromatic heterocycles. The standard InChI is InChI=1S/C19H18FNO3S/c1-13-5-11-16(12-6-13)25(23,24)21-19(17-3-2-4-18(17)22)14-7-9-15(20)10-8-14/h3,5-12,19,21H,2,4H2,1H3. The van der Waals surface area contributed by atoms with Gasteiger partial charge < -0.3 is 0 Å². The number of sulfonamides is 1. The summed E-state index contributed by atoms with van der Waals surface area (Å²) >= 11 is 0. The van der Waals surface area contributed by atoms with Crippen LogP contribution in [0.3, 0.4) is 0 Å². The van der Waals surface area contributed by atoms with Crippen LogP contribution in [0.5, 0.6) is 0 Å². The number of allylic oxidation sites excluding steroid dienone is 1. The van der Waals surface area contributed by atoms with E-state index in [1.165, 1.54) is 36.4 Å². The number of hydrogen-bond donors (Lipinski definition) is 1. The molecule has 0 saturated carbocycles. The number of benzene rings is 2. The second kappa shape index (κ2) is 6.90. The number of Topliss-reactive ketones (excluding diaryl/α,β-unsaturated/α-hetero) is 1. The highest BCUT2D eigenvalue weighted by Gasteiger charge is 2.29. The van der Waals surface area contributed by atoms with Crippen molar-refractivity contribution in [2.45, 2.75) is 30.7 Å². The molecule has 6 heteroatoms. The van der Waals surface area contributed by atoms with E-state index >= 15 is 0 Å². The molecule has 1 aliphatic rings. The first-order valence-electron chi connectivity index (χ1n) is 7.94. The summed E-state index contributed by atoms with van der Waals surface area (Å²) in [6.07, 6.45) is 2.69. The van der Waals surface area contributed by atoms with Gasteiger partial charge in [-0.15, -0.1) is 0 Å². The van der Waals surface area contributed by atoms with Crippen LogP contribution >= 0.6 is 0 Å². The third kappa shape index (κ3) is 3.86. The molecule has 0 spiro atoms. The van der Waals surface area contributed by atoms with Crippen molar-refractivity contribution in [1.29, 1.82) is 0 Å². The van der Waals surface area contributed by atoms with E-state index in [-0.39, 0.29) is 10.7 Å². The Bertz CT molecular complexity index is 916. The Kier molecular flexibility index (Phi) is 4.83. The Morgan fingerprint density at radius 3 is 2.24 bits per heavy atom. The van der Waals surface area contributed by atoms with E-state index in [0.717, 1.165) is 5.56 Å². The number of carbonyl (C=O) groups excluding carboxylic acids is 1. The lowest BCUT2D eigenvalue weighted by molar-refractivity contribution is -0.115. The van der Waals surface area contributed by atoms with Gasteiger partial charge in [-0.1, -0.05) is 35.9 Å². The molecule has 130 valence electrons. The monoisotopic (exact) mass is 359 g/mol. The number of rotatable bonds is 5. The van der Waals surface area contributed by atoms with Crippen molar-refractivity contribution < 1.29 is 17.6 Å². The molecule has 0 saturated heterocycles. The minimum atomic E-state index is -3.83. The van der Waals surface area contributed by atoms with Gasteiger partial charge in [0.15, 0.2) is 5.78 Å². The first kappa shape index (κ1) is 17.5. The summed E-state index contributed by atoms with van der Waals surface area (Å²) in [7, 11) is -3.83. The van der Waals surface area contributed by atoms with Crippen molar-refractivity contribution in [3.05, 3.63) is 77.1 Å². The predicted octanol–water partition coefficient (Wildman–Crippen LogP) is 3.44. The molecule has 3 rings (SSSR count). The molecular formula is C19H18FNO3S. The topological polar surface area (TPSA) is 63.2 Å². The van der Waals surface area contributed by atoms with Crippen molar-refractivity contribution in [1.82, 2.24) is 4.72 Å². The molecule has 1 N–H and O–H groups in total. The van der Waals surface area contributed by atoms with E-state index in [0.29, 0.717) is 24.0 Å². The van der Waals surface area contributed by atoms with E-state index in [2.05, 4.69) is 4.72 Å². The normalized spacial score (nSPS) is 15.9. The number of halogens is 1. The highest BCUT2D eigenvalue weighted by molar-refractivity contribution is 7.89. The quantitative estimate of drug-likeness (QED) is 0.889. The summed E-state index contributed by atoms with van der Waals surface area (Å²) in [6, 6.07) is 11.1. The van der Waals surface area contributed by atoms with Crippen LogP contribution < -0.4 is 4.72 Å². The number of carbonyl (C=O) groups is 1. The van der Waals surface area contributed by atoms with Crippen molar-refractivity contribution in [2.75, 3.05) is 0 Å². The largest absolute Gasteiger partial charge is 0.294 e. The van der Waals surface area contributed by atoms with Gasteiger partial charge >= 0.3 is 0 Å². The van der Waals surface area contributed by atoms with Gasteiger partial charge in [-0.3, -0.25) is 4.79 Å². The molecule has 0 radical (unpaired) electrons. The summed E-state index contributed by atoms with van der Waals surface area (Å²) in [4.78, 5) is 12.3. The summed E-state index contributed by atoms with van der Waals surface area (Å²) in [5, 5.41) is 0. The molecule has 0 aliphatic heterocycles. The Morgan fingerprint density at radius 2 is 1.68 bits per heavy atom. The third-order valence-electron chi connectivity index (χ3n) is 4.18. The van der Waals surface area contributed by atoms with Crippen molar-refractivity contribution in [3.63, 3.8) is 0 Å². The second-order valence-corrected chi connectivity index (χ2v) is 7.75. The van der Waals surface area contributed by atoms with Gasteiger partial charge in [-0.25, -0.2) is 12.8 Å². The maximum atomic E-state index is 13.2. The van der Waals surface area contributed by atoms with Gasteiger partial charge in [0.05, 0.1) is 10.9 Å². The molecule has 1 unspecified atom stereocenters. The molecule has 0 amide bonds.